The summed E-state index contributed by atoms with van der Waals surface area (Å²) in [7, 11) is 1.83. The van der Waals surface area contributed by atoms with Crippen molar-refractivity contribution in [3.05, 3.63) is 24.3 Å². The summed E-state index contributed by atoms with van der Waals surface area (Å²) >= 11 is 1.36. The molecule has 6 nitrogen and oxygen atoms in total. The van der Waals surface area contributed by atoms with Gasteiger partial charge in [-0.15, -0.1) is 0 Å². The van der Waals surface area contributed by atoms with Crippen molar-refractivity contribution in [1.82, 2.24) is 15.3 Å². The third kappa shape index (κ3) is 3.96. The first kappa shape index (κ1) is 17.0. The van der Waals surface area contributed by atoms with Gasteiger partial charge in [0.05, 0.1) is 16.9 Å². The smallest absolute Gasteiger partial charge is 0.233 e. The highest BCUT2D eigenvalue weighted by molar-refractivity contribution is 8.00. The number of benzene rings is 1. The Labute approximate surface area is 145 Å². The van der Waals surface area contributed by atoms with E-state index in [1.165, 1.54) is 11.8 Å². The van der Waals surface area contributed by atoms with Crippen molar-refractivity contribution in [2.24, 2.45) is 0 Å². The number of carbonyl (C=O) groups is 1. The molecule has 24 heavy (non-hydrogen) atoms. The van der Waals surface area contributed by atoms with Gasteiger partial charge in [0.1, 0.15) is 5.82 Å². The van der Waals surface area contributed by atoms with E-state index in [1.807, 2.05) is 38.2 Å². The van der Waals surface area contributed by atoms with Crippen LogP contribution in [0.5, 0.6) is 0 Å². The molecule has 0 spiro atoms. The first-order valence-electron chi connectivity index (χ1n) is 8.18. The summed E-state index contributed by atoms with van der Waals surface area (Å²) in [6.07, 6.45) is 2.24. The molecule has 2 N–H and O–H groups in total. The Hall–Kier alpha value is -1.86. The van der Waals surface area contributed by atoms with E-state index >= 15 is 0 Å². The molecule has 2 atom stereocenters. The molecule has 0 aliphatic carbocycles. The molecule has 1 aliphatic heterocycles. The second kappa shape index (κ2) is 7.81. The maximum absolute atomic E-state index is 12.3. The Kier molecular flexibility index (Phi) is 5.52. The maximum Gasteiger partial charge on any atom is 0.233 e. The minimum absolute atomic E-state index is 0.0155. The number of thioether (sulfide) groups is 1. The van der Waals surface area contributed by atoms with Crippen LogP contribution in [0, 0.1) is 0 Å². The predicted molar refractivity (Wildman–Crippen MR) is 96.4 cm³/mol. The van der Waals surface area contributed by atoms with Crippen LogP contribution < -0.4 is 10.6 Å². The number of rotatable bonds is 6. The van der Waals surface area contributed by atoms with Gasteiger partial charge >= 0.3 is 0 Å². The Bertz CT molecular complexity index is 719. The van der Waals surface area contributed by atoms with Gasteiger partial charge in [0.2, 0.25) is 5.91 Å². The SMILES string of the molecule is CNc1nc(S[C@@H](C)C(=O)NC[C@H]2CCCO2)nc2ccccc12. The van der Waals surface area contributed by atoms with Crippen molar-refractivity contribution in [2.75, 3.05) is 25.5 Å². The number of nitrogens with zero attached hydrogens (tertiary/aromatic N) is 2. The zero-order valence-corrected chi connectivity index (χ0v) is 14.7. The van der Waals surface area contributed by atoms with Gasteiger partial charge in [0.15, 0.2) is 5.16 Å². The Morgan fingerprint density at radius 2 is 2.25 bits per heavy atom. The second-order valence-corrected chi connectivity index (χ2v) is 7.07. The van der Waals surface area contributed by atoms with E-state index in [9.17, 15) is 4.79 Å². The van der Waals surface area contributed by atoms with Crippen molar-refractivity contribution in [1.29, 1.82) is 0 Å². The lowest BCUT2D eigenvalue weighted by Crippen LogP contribution is -2.36. The molecule has 1 aliphatic rings. The minimum atomic E-state index is -0.266. The molecule has 1 amide bonds. The van der Waals surface area contributed by atoms with Gasteiger partial charge in [-0.2, -0.15) is 0 Å². The summed E-state index contributed by atoms with van der Waals surface area (Å²) < 4.78 is 5.53. The fraction of sp³-hybridized carbons (Fsp3) is 0.471. The van der Waals surface area contributed by atoms with Gasteiger partial charge in [-0.1, -0.05) is 23.9 Å². The number of fused-ring (bicyclic) bond motifs is 1. The van der Waals surface area contributed by atoms with Crippen molar-refractivity contribution < 1.29 is 9.53 Å². The zero-order chi connectivity index (χ0) is 16.9. The van der Waals surface area contributed by atoms with Gasteiger partial charge in [-0.05, 0) is 31.9 Å². The highest BCUT2D eigenvalue weighted by Gasteiger charge is 2.20. The lowest BCUT2D eigenvalue weighted by molar-refractivity contribution is -0.120. The second-order valence-electron chi connectivity index (χ2n) is 5.76. The standard InChI is InChI=1S/C17H22N4O2S/c1-11(16(22)19-10-12-6-5-9-23-12)24-17-20-14-8-4-3-7-13(14)15(18-2)21-17/h3-4,7-8,11-12H,5-6,9-10H2,1-2H3,(H,19,22)(H,18,20,21)/t11-,12+/m0/s1. The Balaban J connectivity index is 1.65. The molecular formula is C17H22N4O2S. The number of para-hydroxylation sites is 1. The Morgan fingerprint density at radius 3 is 3.00 bits per heavy atom. The van der Waals surface area contributed by atoms with Crippen LogP contribution in [0.3, 0.4) is 0 Å². The average Bonchev–Trinajstić information content (AvgIpc) is 3.12. The molecule has 1 aromatic carbocycles. The van der Waals surface area contributed by atoms with Crippen LogP contribution >= 0.6 is 11.8 Å². The molecule has 1 saturated heterocycles. The van der Waals surface area contributed by atoms with Crippen molar-refractivity contribution in [3.8, 4) is 0 Å². The number of amides is 1. The maximum atomic E-state index is 12.3. The first-order valence-corrected chi connectivity index (χ1v) is 9.06. The van der Waals surface area contributed by atoms with Crippen molar-refractivity contribution in [3.63, 3.8) is 0 Å². The number of nitrogens with one attached hydrogen (secondary N) is 2. The highest BCUT2D eigenvalue weighted by Crippen LogP contribution is 2.26. The van der Waals surface area contributed by atoms with Crippen LogP contribution in [0.1, 0.15) is 19.8 Å². The molecule has 7 heteroatoms. The summed E-state index contributed by atoms with van der Waals surface area (Å²) in [5.41, 5.74) is 0.867. The van der Waals surface area contributed by atoms with Crippen LogP contribution in [-0.4, -0.2) is 47.4 Å². The molecule has 0 saturated carbocycles. The minimum Gasteiger partial charge on any atom is -0.376 e. The van der Waals surface area contributed by atoms with E-state index in [0.29, 0.717) is 11.7 Å². The van der Waals surface area contributed by atoms with Crippen LogP contribution in [0.15, 0.2) is 29.4 Å². The first-order chi connectivity index (χ1) is 11.7. The number of carbonyl (C=O) groups excluding carboxylic acids is 1. The summed E-state index contributed by atoms with van der Waals surface area (Å²) in [6, 6.07) is 7.83. The molecule has 1 fully saturated rings. The quantitative estimate of drug-likeness (QED) is 0.618. The predicted octanol–water partition coefficient (Wildman–Crippen LogP) is 2.45. The lowest BCUT2D eigenvalue weighted by atomic mass is 10.2. The fourth-order valence-electron chi connectivity index (χ4n) is 2.67. The van der Waals surface area contributed by atoms with Crippen LogP contribution in [0.4, 0.5) is 5.82 Å². The molecule has 1 aromatic heterocycles. The van der Waals surface area contributed by atoms with E-state index in [0.717, 1.165) is 36.2 Å². The number of hydrogen-bond donors (Lipinski definition) is 2. The van der Waals surface area contributed by atoms with E-state index in [2.05, 4.69) is 20.6 Å². The fourth-order valence-corrected chi connectivity index (χ4v) is 3.48. The number of anilines is 1. The van der Waals surface area contributed by atoms with Gasteiger partial charge in [0.25, 0.3) is 0 Å². The summed E-state index contributed by atoms with van der Waals surface area (Å²) in [6.45, 7) is 3.24. The zero-order valence-electron chi connectivity index (χ0n) is 13.9. The van der Waals surface area contributed by atoms with E-state index in [1.54, 1.807) is 0 Å². The molecule has 0 unspecified atom stereocenters. The molecule has 2 aromatic rings. The van der Waals surface area contributed by atoms with Crippen LogP contribution in [-0.2, 0) is 9.53 Å². The van der Waals surface area contributed by atoms with Crippen LogP contribution in [0.2, 0.25) is 0 Å². The molecule has 3 rings (SSSR count). The molecular weight excluding hydrogens is 324 g/mol. The van der Waals surface area contributed by atoms with E-state index in [4.69, 9.17) is 4.74 Å². The normalized spacial score (nSPS) is 18.5. The van der Waals surface area contributed by atoms with Crippen LogP contribution in [0.25, 0.3) is 10.9 Å². The molecule has 2 heterocycles. The number of hydrogen-bond acceptors (Lipinski definition) is 6. The summed E-state index contributed by atoms with van der Waals surface area (Å²) in [4.78, 5) is 21.3. The molecule has 128 valence electrons. The van der Waals surface area contributed by atoms with Gasteiger partial charge in [0, 0.05) is 25.6 Å². The number of ether oxygens (including phenoxy) is 1. The monoisotopic (exact) mass is 346 g/mol. The average molecular weight is 346 g/mol. The molecule has 0 bridgehead atoms. The lowest BCUT2D eigenvalue weighted by Gasteiger charge is -2.15. The third-order valence-corrected chi connectivity index (χ3v) is 4.96. The highest BCUT2D eigenvalue weighted by atomic mass is 32.2. The third-order valence-electron chi connectivity index (χ3n) is 4.00. The van der Waals surface area contributed by atoms with Crippen molar-refractivity contribution in [2.45, 2.75) is 36.3 Å². The van der Waals surface area contributed by atoms with E-state index < -0.39 is 0 Å². The van der Waals surface area contributed by atoms with Gasteiger partial charge < -0.3 is 15.4 Å². The number of aromatic nitrogens is 2. The van der Waals surface area contributed by atoms with Crippen molar-refractivity contribution >= 4 is 34.4 Å². The van der Waals surface area contributed by atoms with E-state index in [-0.39, 0.29) is 17.3 Å². The summed E-state index contributed by atoms with van der Waals surface area (Å²) in [5, 5.41) is 7.35. The summed E-state index contributed by atoms with van der Waals surface area (Å²) in [5.74, 6) is 0.758. The Morgan fingerprint density at radius 1 is 1.42 bits per heavy atom. The van der Waals surface area contributed by atoms with Gasteiger partial charge in [-0.25, -0.2) is 9.97 Å². The van der Waals surface area contributed by atoms with Gasteiger partial charge in [-0.3, -0.25) is 4.79 Å². The topological polar surface area (TPSA) is 76.1 Å². The largest absolute Gasteiger partial charge is 0.376 e. The molecule has 0 radical (unpaired) electrons.